The van der Waals surface area contributed by atoms with Crippen molar-refractivity contribution in [2.75, 3.05) is 25.1 Å². The van der Waals surface area contributed by atoms with E-state index in [1.165, 1.54) is 11.3 Å². The molecular weight excluding hydrogens is 318 g/mol. The molecule has 0 saturated carbocycles. The monoisotopic (exact) mass is 335 g/mol. The second-order valence-corrected chi connectivity index (χ2v) is 6.81. The normalized spacial score (nSPS) is 20.5. The number of rotatable bonds is 3. The fourth-order valence-corrected chi connectivity index (χ4v) is 4.08. The number of fused-ring (bicyclic) bond motifs is 1. The highest BCUT2D eigenvalue weighted by atomic mass is 32.1. The molecule has 1 fully saturated rings. The maximum atomic E-state index is 12.4. The van der Waals surface area contributed by atoms with Gasteiger partial charge in [-0.1, -0.05) is 5.16 Å². The summed E-state index contributed by atoms with van der Waals surface area (Å²) in [4.78, 5) is 17.9. The first kappa shape index (κ1) is 14.8. The zero-order valence-corrected chi connectivity index (χ0v) is 13.6. The first-order valence-electron chi connectivity index (χ1n) is 7.64. The molecule has 0 spiro atoms. The molecule has 8 heteroatoms. The summed E-state index contributed by atoms with van der Waals surface area (Å²) in [6.45, 7) is 4.12. The van der Waals surface area contributed by atoms with Gasteiger partial charge in [0.2, 0.25) is 5.91 Å². The van der Waals surface area contributed by atoms with Crippen LogP contribution < -0.4 is 5.32 Å². The Hall–Kier alpha value is -1.77. The van der Waals surface area contributed by atoms with Crippen LogP contribution in [-0.2, 0) is 27.3 Å². The Morgan fingerprint density at radius 1 is 1.35 bits per heavy atom. The van der Waals surface area contributed by atoms with Crippen molar-refractivity contribution in [1.29, 1.82) is 0 Å². The summed E-state index contributed by atoms with van der Waals surface area (Å²) in [6.07, 6.45) is 1.54. The van der Waals surface area contributed by atoms with E-state index in [0.29, 0.717) is 38.1 Å². The molecule has 23 heavy (non-hydrogen) atoms. The molecule has 0 radical (unpaired) electrons. The molecule has 4 heterocycles. The SMILES string of the molecule is Cc1noc(-c2c(NC(=O)C3CCOC3)sc3c2CCOC3)n1. The summed E-state index contributed by atoms with van der Waals surface area (Å²) >= 11 is 1.53. The van der Waals surface area contributed by atoms with E-state index in [9.17, 15) is 4.79 Å². The molecule has 4 rings (SSSR count). The van der Waals surface area contributed by atoms with Gasteiger partial charge in [-0.05, 0) is 25.3 Å². The largest absolute Gasteiger partial charge is 0.381 e. The number of ether oxygens (including phenoxy) is 2. The van der Waals surface area contributed by atoms with Crippen molar-refractivity contribution in [3.8, 4) is 11.5 Å². The average Bonchev–Trinajstić information content (AvgIpc) is 3.25. The maximum Gasteiger partial charge on any atom is 0.261 e. The Labute approximate surface area is 137 Å². The molecule has 2 aliphatic heterocycles. The van der Waals surface area contributed by atoms with Gasteiger partial charge in [-0.3, -0.25) is 4.79 Å². The van der Waals surface area contributed by atoms with Gasteiger partial charge >= 0.3 is 0 Å². The summed E-state index contributed by atoms with van der Waals surface area (Å²) in [6, 6.07) is 0. The van der Waals surface area contributed by atoms with Crippen LogP contribution >= 0.6 is 11.3 Å². The first-order chi connectivity index (χ1) is 11.2. The number of nitrogens with zero attached hydrogens (tertiary/aromatic N) is 2. The van der Waals surface area contributed by atoms with Crippen LogP contribution in [0, 0.1) is 12.8 Å². The Morgan fingerprint density at radius 3 is 3.00 bits per heavy atom. The summed E-state index contributed by atoms with van der Waals surface area (Å²) in [7, 11) is 0. The molecule has 2 aromatic heterocycles. The van der Waals surface area contributed by atoms with Gasteiger partial charge in [0, 0.05) is 11.5 Å². The number of aryl methyl sites for hydroxylation is 1. The van der Waals surface area contributed by atoms with Gasteiger partial charge in [-0.2, -0.15) is 4.98 Å². The fourth-order valence-electron chi connectivity index (χ4n) is 2.90. The molecule has 2 aliphatic rings. The Balaban J connectivity index is 1.70. The molecule has 2 aromatic rings. The van der Waals surface area contributed by atoms with E-state index in [0.717, 1.165) is 33.8 Å². The van der Waals surface area contributed by atoms with E-state index >= 15 is 0 Å². The van der Waals surface area contributed by atoms with Gasteiger partial charge in [0.1, 0.15) is 5.00 Å². The highest BCUT2D eigenvalue weighted by Gasteiger charge is 2.29. The predicted octanol–water partition coefficient (Wildman–Crippen LogP) is 2.15. The van der Waals surface area contributed by atoms with Crippen LogP contribution in [0.3, 0.4) is 0 Å². The van der Waals surface area contributed by atoms with Gasteiger partial charge in [0.05, 0.1) is 31.3 Å². The third-order valence-electron chi connectivity index (χ3n) is 4.10. The van der Waals surface area contributed by atoms with Crippen molar-refractivity contribution in [3.63, 3.8) is 0 Å². The molecule has 7 nitrogen and oxygen atoms in total. The minimum Gasteiger partial charge on any atom is -0.381 e. The number of nitrogens with one attached hydrogen (secondary N) is 1. The average molecular weight is 335 g/mol. The smallest absolute Gasteiger partial charge is 0.261 e. The van der Waals surface area contributed by atoms with Crippen LogP contribution in [-0.4, -0.2) is 35.9 Å². The lowest BCUT2D eigenvalue weighted by Gasteiger charge is -2.12. The van der Waals surface area contributed by atoms with E-state index < -0.39 is 0 Å². The van der Waals surface area contributed by atoms with Crippen molar-refractivity contribution < 1.29 is 18.8 Å². The minimum atomic E-state index is -0.0948. The van der Waals surface area contributed by atoms with E-state index in [1.807, 2.05) is 0 Å². The van der Waals surface area contributed by atoms with Gasteiger partial charge in [0.25, 0.3) is 5.89 Å². The Bertz CT molecular complexity index is 733. The lowest BCUT2D eigenvalue weighted by molar-refractivity contribution is -0.119. The quantitative estimate of drug-likeness (QED) is 0.925. The number of thiophene rings is 1. The van der Waals surface area contributed by atoms with E-state index in [4.69, 9.17) is 14.0 Å². The van der Waals surface area contributed by atoms with Gasteiger partial charge in [0.15, 0.2) is 5.82 Å². The molecule has 122 valence electrons. The summed E-state index contributed by atoms with van der Waals surface area (Å²) in [5.74, 6) is 0.926. The summed E-state index contributed by atoms with van der Waals surface area (Å²) in [5.41, 5.74) is 1.99. The number of hydrogen-bond donors (Lipinski definition) is 1. The molecule has 0 bridgehead atoms. The molecule has 0 aromatic carbocycles. The van der Waals surface area contributed by atoms with Gasteiger partial charge < -0.3 is 19.3 Å². The Morgan fingerprint density at radius 2 is 2.26 bits per heavy atom. The van der Waals surface area contributed by atoms with Crippen molar-refractivity contribution in [3.05, 3.63) is 16.3 Å². The van der Waals surface area contributed by atoms with Gasteiger partial charge in [-0.15, -0.1) is 11.3 Å². The second-order valence-electron chi connectivity index (χ2n) is 5.71. The van der Waals surface area contributed by atoms with Crippen LogP contribution in [0.5, 0.6) is 0 Å². The van der Waals surface area contributed by atoms with Gasteiger partial charge in [-0.25, -0.2) is 0 Å². The van der Waals surface area contributed by atoms with Crippen molar-refractivity contribution >= 4 is 22.2 Å². The maximum absolute atomic E-state index is 12.4. The third-order valence-corrected chi connectivity index (χ3v) is 5.22. The number of anilines is 1. The molecular formula is C15H17N3O4S. The molecule has 1 amide bonds. The number of carbonyl (C=O) groups is 1. The zero-order valence-electron chi connectivity index (χ0n) is 12.8. The number of amides is 1. The second kappa shape index (κ2) is 6.03. The third kappa shape index (κ3) is 2.77. The predicted molar refractivity (Wildman–Crippen MR) is 83.3 cm³/mol. The number of hydrogen-bond acceptors (Lipinski definition) is 7. The highest BCUT2D eigenvalue weighted by Crippen LogP contribution is 2.42. The number of carbonyl (C=O) groups excluding carboxylic acids is 1. The van der Waals surface area contributed by atoms with Crippen LogP contribution in [0.25, 0.3) is 11.5 Å². The summed E-state index contributed by atoms with van der Waals surface area (Å²) in [5, 5.41) is 7.67. The molecule has 0 aliphatic carbocycles. The van der Waals surface area contributed by atoms with Crippen LogP contribution in [0.1, 0.15) is 22.7 Å². The molecule has 1 unspecified atom stereocenters. The van der Waals surface area contributed by atoms with E-state index in [1.54, 1.807) is 6.92 Å². The van der Waals surface area contributed by atoms with Crippen LogP contribution in [0.4, 0.5) is 5.00 Å². The van der Waals surface area contributed by atoms with E-state index in [-0.39, 0.29) is 11.8 Å². The van der Waals surface area contributed by atoms with Crippen LogP contribution in [0.2, 0.25) is 0 Å². The van der Waals surface area contributed by atoms with Crippen molar-refractivity contribution in [2.45, 2.75) is 26.4 Å². The topological polar surface area (TPSA) is 86.5 Å². The zero-order chi connectivity index (χ0) is 15.8. The van der Waals surface area contributed by atoms with Crippen LogP contribution in [0.15, 0.2) is 4.52 Å². The van der Waals surface area contributed by atoms with Crippen molar-refractivity contribution in [1.82, 2.24) is 10.1 Å². The van der Waals surface area contributed by atoms with Crippen molar-refractivity contribution in [2.24, 2.45) is 5.92 Å². The fraction of sp³-hybridized carbons (Fsp3) is 0.533. The lowest BCUT2D eigenvalue weighted by Crippen LogP contribution is -2.22. The highest BCUT2D eigenvalue weighted by molar-refractivity contribution is 7.17. The standard InChI is InChI=1S/C15H17N3O4S/c1-8-16-14(22-18-8)12-10-3-5-21-7-11(10)23-15(12)17-13(19)9-2-4-20-6-9/h9H,2-7H2,1H3,(H,17,19). The molecule has 1 saturated heterocycles. The van der Waals surface area contributed by atoms with E-state index in [2.05, 4.69) is 15.5 Å². The first-order valence-corrected chi connectivity index (χ1v) is 8.45. The number of aromatic nitrogens is 2. The molecule has 1 atom stereocenters. The summed E-state index contributed by atoms with van der Waals surface area (Å²) < 4.78 is 16.2. The molecule has 1 N–H and O–H groups in total. The Kier molecular flexibility index (Phi) is 3.88. The minimum absolute atomic E-state index is 0.0143. The lowest BCUT2D eigenvalue weighted by atomic mass is 10.0.